The van der Waals surface area contributed by atoms with E-state index < -0.39 is 11.6 Å². The second-order valence-corrected chi connectivity index (χ2v) is 8.72. The molecule has 2 aromatic heterocycles. The van der Waals surface area contributed by atoms with Crippen molar-refractivity contribution >= 4 is 16.9 Å². The maximum Gasteiger partial charge on any atom is 0.348 e. The lowest BCUT2D eigenvalue weighted by Crippen LogP contribution is -2.11. The van der Waals surface area contributed by atoms with Gasteiger partial charge in [0.25, 0.3) is 0 Å². The van der Waals surface area contributed by atoms with E-state index in [0.717, 1.165) is 16.8 Å². The standard InChI is InChI=1S/C31H25NO5/c1-4-18-36-30(34)25-20(3)32(22-16-14-19(2)15-17-22)28(21-10-6-5-7-11-21)26(25)27-29(33)23-12-8-9-13-24(23)37-31(27)35/h4-17,33H,1,18H2,2-3H3. The van der Waals surface area contributed by atoms with Gasteiger partial charge in [-0.25, -0.2) is 9.59 Å². The van der Waals surface area contributed by atoms with Crippen LogP contribution in [0.15, 0.2) is 101 Å². The van der Waals surface area contributed by atoms with Crippen LogP contribution in [-0.4, -0.2) is 22.2 Å². The molecule has 6 nitrogen and oxygen atoms in total. The number of aromatic hydroxyl groups is 1. The third-order valence-corrected chi connectivity index (χ3v) is 6.32. The Balaban J connectivity index is 1.97. The topological polar surface area (TPSA) is 81.7 Å². The molecule has 0 fully saturated rings. The molecule has 0 radical (unpaired) electrons. The summed E-state index contributed by atoms with van der Waals surface area (Å²) in [6.45, 7) is 7.41. The molecule has 5 aromatic rings. The zero-order chi connectivity index (χ0) is 26.1. The minimum absolute atomic E-state index is 0.00753. The lowest BCUT2D eigenvalue weighted by molar-refractivity contribution is 0.0550. The Labute approximate surface area is 213 Å². The maximum absolute atomic E-state index is 13.5. The molecular weight excluding hydrogens is 466 g/mol. The highest BCUT2D eigenvalue weighted by Crippen LogP contribution is 2.44. The van der Waals surface area contributed by atoms with Gasteiger partial charge in [-0.15, -0.1) is 0 Å². The summed E-state index contributed by atoms with van der Waals surface area (Å²) >= 11 is 0. The van der Waals surface area contributed by atoms with Crippen molar-refractivity contribution in [3.05, 3.63) is 119 Å². The maximum atomic E-state index is 13.5. The first kappa shape index (κ1) is 23.9. The van der Waals surface area contributed by atoms with E-state index >= 15 is 0 Å². The van der Waals surface area contributed by atoms with E-state index in [1.807, 2.05) is 66.1 Å². The number of fused-ring (bicyclic) bond motifs is 1. The molecular formula is C31H25NO5. The number of para-hydroxylation sites is 1. The molecule has 0 aliphatic heterocycles. The van der Waals surface area contributed by atoms with Crippen molar-refractivity contribution in [3.8, 4) is 33.8 Å². The van der Waals surface area contributed by atoms with Crippen molar-refractivity contribution < 1.29 is 19.1 Å². The highest BCUT2D eigenvalue weighted by molar-refractivity contribution is 6.06. The molecule has 0 atom stereocenters. The van der Waals surface area contributed by atoms with E-state index in [-0.39, 0.29) is 34.6 Å². The first-order valence-electron chi connectivity index (χ1n) is 11.8. The number of ether oxygens (including phenoxy) is 1. The van der Waals surface area contributed by atoms with Gasteiger partial charge in [-0.3, -0.25) is 0 Å². The van der Waals surface area contributed by atoms with E-state index in [0.29, 0.717) is 16.8 Å². The Morgan fingerprint density at radius 2 is 1.65 bits per heavy atom. The zero-order valence-corrected chi connectivity index (χ0v) is 20.5. The Morgan fingerprint density at radius 1 is 0.973 bits per heavy atom. The number of aromatic nitrogens is 1. The largest absolute Gasteiger partial charge is 0.506 e. The number of aryl methyl sites for hydroxylation is 1. The van der Waals surface area contributed by atoms with Crippen LogP contribution in [0.2, 0.25) is 0 Å². The van der Waals surface area contributed by atoms with Gasteiger partial charge in [-0.2, -0.15) is 0 Å². The van der Waals surface area contributed by atoms with Crippen LogP contribution in [0.1, 0.15) is 21.6 Å². The lowest BCUT2D eigenvalue weighted by Gasteiger charge is -2.14. The van der Waals surface area contributed by atoms with Crippen molar-refractivity contribution in [1.82, 2.24) is 4.57 Å². The van der Waals surface area contributed by atoms with Gasteiger partial charge in [0, 0.05) is 16.9 Å². The molecule has 1 N–H and O–H groups in total. The fourth-order valence-electron chi connectivity index (χ4n) is 4.63. The van der Waals surface area contributed by atoms with Crippen molar-refractivity contribution in [3.63, 3.8) is 0 Å². The van der Waals surface area contributed by atoms with E-state index in [2.05, 4.69) is 6.58 Å². The normalized spacial score (nSPS) is 11.0. The summed E-state index contributed by atoms with van der Waals surface area (Å²) in [6, 6.07) is 24.0. The van der Waals surface area contributed by atoms with Gasteiger partial charge in [0.1, 0.15) is 23.5 Å². The van der Waals surface area contributed by atoms with Crippen molar-refractivity contribution in [2.24, 2.45) is 0 Å². The van der Waals surface area contributed by atoms with E-state index in [1.165, 1.54) is 6.08 Å². The summed E-state index contributed by atoms with van der Waals surface area (Å²) < 4.78 is 13.0. The number of esters is 1. The number of hydrogen-bond acceptors (Lipinski definition) is 5. The monoisotopic (exact) mass is 491 g/mol. The average molecular weight is 492 g/mol. The Kier molecular flexibility index (Phi) is 6.24. The fraction of sp³-hybridized carbons (Fsp3) is 0.0968. The summed E-state index contributed by atoms with van der Waals surface area (Å²) in [5.41, 5.74) is 3.53. The molecule has 37 heavy (non-hydrogen) atoms. The summed E-state index contributed by atoms with van der Waals surface area (Å²) in [5, 5.41) is 11.8. The number of hydrogen-bond donors (Lipinski definition) is 1. The third kappa shape index (κ3) is 4.12. The molecule has 0 saturated carbocycles. The molecule has 0 bridgehead atoms. The van der Waals surface area contributed by atoms with Crippen LogP contribution in [0.25, 0.3) is 39.0 Å². The van der Waals surface area contributed by atoms with Crippen LogP contribution >= 0.6 is 0 Å². The molecule has 5 rings (SSSR count). The van der Waals surface area contributed by atoms with Crippen LogP contribution in [0, 0.1) is 13.8 Å². The molecule has 0 aliphatic carbocycles. The van der Waals surface area contributed by atoms with Gasteiger partial charge in [-0.1, -0.05) is 72.8 Å². The predicted octanol–water partition coefficient (Wildman–Crippen LogP) is 6.58. The van der Waals surface area contributed by atoms with Crippen LogP contribution in [0.5, 0.6) is 5.75 Å². The Morgan fingerprint density at radius 3 is 2.35 bits per heavy atom. The van der Waals surface area contributed by atoms with E-state index in [9.17, 15) is 14.7 Å². The third-order valence-electron chi connectivity index (χ3n) is 6.32. The van der Waals surface area contributed by atoms with Gasteiger partial charge in [0.05, 0.1) is 16.6 Å². The fourth-order valence-corrected chi connectivity index (χ4v) is 4.63. The highest BCUT2D eigenvalue weighted by Gasteiger charge is 2.32. The number of carbonyl (C=O) groups is 1. The number of benzene rings is 3. The van der Waals surface area contributed by atoms with E-state index in [1.54, 1.807) is 31.2 Å². The average Bonchev–Trinajstić information content (AvgIpc) is 3.20. The smallest absolute Gasteiger partial charge is 0.348 e. The molecule has 184 valence electrons. The minimum atomic E-state index is -0.757. The quantitative estimate of drug-likeness (QED) is 0.165. The second kappa shape index (κ2) is 9.66. The summed E-state index contributed by atoms with van der Waals surface area (Å²) in [6.07, 6.45) is 1.48. The Hall–Kier alpha value is -4.84. The van der Waals surface area contributed by atoms with E-state index in [4.69, 9.17) is 9.15 Å². The molecule has 2 heterocycles. The number of rotatable bonds is 6. The molecule has 0 amide bonds. The number of carbonyl (C=O) groups excluding carboxylic acids is 1. The van der Waals surface area contributed by atoms with Crippen molar-refractivity contribution in [2.75, 3.05) is 6.61 Å². The minimum Gasteiger partial charge on any atom is -0.506 e. The first-order chi connectivity index (χ1) is 17.9. The van der Waals surface area contributed by atoms with Crippen LogP contribution in [0.3, 0.4) is 0 Å². The van der Waals surface area contributed by atoms with Gasteiger partial charge in [0.2, 0.25) is 0 Å². The summed E-state index contributed by atoms with van der Waals surface area (Å²) in [4.78, 5) is 26.9. The van der Waals surface area contributed by atoms with Crippen LogP contribution < -0.4 is 5.63 Å². The lowest BCUT2D eigenvalue weighted by atomic mass is 9.96. The molecule has 0 spiro atoms. The molecule has 3 aromatic carbocycles. The molecule has 0 aliphatic rings. The van der Waals surface area contributed by atoms with Crippen LogP contribution in [-0.2, 0) is 4.74 Å². The number of nitrogens with zero attached hydrogens (tertiary/aromatic N) is 1. The Bertz CT molecular complexity index is 1690. The van der Waals surface area contributed by atoms with Crippen LogP contribution in [0.4, 0.5) is 0 Å². The predicted molar refractivity (Wildman–Crippen MR) is 144 cm³/mol. The van der Waals surface area contributed by atoms with Gasteiger partial charge >= 0.3 is 11.6 Å². The zero-order valence-electron chi connectivity index (χ0n) is 20.5. The SMILES string of the molecule is C=CCOC(=O)c1c(-c2c(O)c3ccccc3oc2=O)c(-c2ccccc2)n(-c2ccc(C)cc2)c1C. The van der Waals surface area contributed by atoms with Gasteiger partial charge < -0.3 is 18.8 Å². The van der Waals surface area contributed by atoms with Crippen molar-refractivity contribution in [2.45, 2.75) is 13.8 Å². The molecule has 6 heteroatoms. The van der Waals surface area contributed by atoms with Gasteiger partial charge in [-0.05, 0) is 43.7 Å². The second-order valence-electron chi connectivity index (χ2n) is 8.72. The molecule has 0 unspecified atom stereocenters. The molecule has 0 saturated heterocycles. The highest BCUT2D eigenvalue weighted by atomic mass is 16.5. The van der Waals surface area contributed by atoms with Crippen molar-refractivity contribution in [1.29, 1.82) is 0 Å². The van der Waals surface area contributed by atoms with Gasteiger partial charge in [0.15, 0.2) is 0 Å². The first-order valence-corrected chi connectivity index (χ1v) is 11.8. The summed E-state index contributed by atoms with van der Waals surface area (Å²) in [5.74, 6) is -0.898. The summed E-state index contributed by atoms with van der Waals surface area (Å²) in [7, 11) is 0.